The molecule has 0 aromatic carbocycles. The second-order valence-electron chi connectivity index (χ2n) is 7.54. The van der Waals surface area contributed by atoms with Gasteiger partial charge in [-0.15, -0.1) is 0 Å². The molecular formula is C22H41NO6S. The van der Waals surface area contributed by atoms with Crippen molar-refractivity contribution < 1.29 is 28.6 Å². The summed E-state index contributed by atoms with van der Waals surface area (Å²) in [6.07, 6.45) is 10.0. The highest BCUT2D eigenvalue weighted by Gasteiger charge is 2.21. The molecule has 0 unspecified atom stereocenters. The summed E-state index contributed by atoms with van der Waals surface area (Å²) in [5.41, 5.74) is 5.58. The molecule has 0 aliphatic carbocycles. The fourth-order valence-electron chi connectivity index (χ4n) is 2.72. The Morgan fingerprint density at radius 2 is 1.27 bits per heavy atom. The van der Waals surface area contributed by atoms with Crippen LogP contribution in [-0.2, 0) is 28.6 Å². The Morgan fingerprint density at radius 3 is 1.80 bits per heavy atom. The van der Waals surface area contributed by atoms with Crippen LogP contribution in [0, 0.1) is 0 Å². The third-order valence-corrected chi connectivity index (χ3v) is 5.00. The Hall–Kier alpha value is -1.28. The summed E-state index contributed by atoms with van der Waals surface area (Å²) in [6, 6.07) is -0.853. The molecule has 0 saturated carbocycles. The Labute approximate surface area is 187 Å². The first kappa shape index (κ1) is 28.7. The van der Waals surface area contributed by atoms with Crippen LogP contribution < -0.4 is 5.73 Å². The molecule has 0 aromatic rings. The molecule has 0 amide bonds. The van der Waals surface area contributed by atoms with Crippen LogP contribution in [0.5, 0.6) is 0 Å². The summed E-state index contributed by atoms with van der Waals surface area (Å²) in [5, 5.41) is 0. The van der Waals surface area contributed by atoms with Gasteiger partial charge in [-0.1, -0.05) is 65.2 Å². The topological polar surface area (TPSA) is 105 Å². The average molecular weight is 448 g/mol. The number of unbranched alkanes of at least 4 members (excludes halogenated alkanes) is 8. The Kier molecular flexibility index (Phi) is 18.8. The molecule has 0 spiro atoms. The molecule has 7 nitrogen and oxygen atoms in total. The predicted molar refractivity (Wildman–Crippen MR) is 120 cm³/mol. The second-order valence-corrected chi connectivity index (χ2v) is 7.91. The second kappa shape index (κ2) is 19.7. The van der Waals surface area contributed by atoms with Gasteiger partial charge in [-0.2, -0.15) is 12.6 Å². The van der Waals surface area contributed by atoms with Crippen LogP contribution in [0.2, 0.25) is 0 Å². The van der Waals surface area contributed by atoms with Crippen LogP contribution in [0.25, 0.3) is 0 Å². The average Bonchev–Trinajstić information content (AvgIpc) is 2.74. The van der Waals surface area contributed by atoms with E-state index in [-0.39, 0.29) is 37.3 Å². The number of hydrogen-bond acceptors (Lipinski definition) is 8. The van der Waals surface area contributed by atoms with E-state index < -0.39 is 18.1 Å². The van der Waals surface area contributed by atoms with Gasteiger partial charge in [0.2, 0.25) is 0 Å². The largest absolute Gasteiger partial charge is 0.462 e. The number of ether oxygens (including phenoxy) is 3. The lowest BCUT2D eigenvalue weighted by molar-refractivity contribution is -0.167. The molecule has 0 heterocycles. The minimum atomic E-state index is -0.853. The number of rotatable bonds is 19. The molecule has 2 atom stereocenters. The summed E-state index contributed by atoms with van der Waals surface area (Å²) >= 11 is 3.96. The minimum absolute atomic E-state index is 0.140. The van der Waals surface area contributed by atoms with Gasteiger partial charge in [0.15, 0.2) is 6.10 Å². The third kappa shape index (κ3) is 16.5. The maximum absolute atomic E-state index is 12.1. The molecule has 0 rings (SSSR count). The molecule has 0 aliphatic heterocycles. The SMILES string of the molecule is CCCCCCCC(=O)OC[C@@H](COC(=O)[C@@H](N)CS)OC(=O)CCCCCCC. The van der Waals surface area contributed by atoms with Crippen molar-refractivity contribution in [2.45, 2.75) is 103 Å². The molecule has 0 fully saturated rings. The van der Waals surface area contributed by atoms with Crippen molar-refractivity contribution in [1.29, 1.82) is 0 Å². The van der Waals surface area contributed by atoms with E-state index in [9.17, 15) is 14.4 Å². The molecule has 0 aromatic heterocycles. The van der Waals surface area contributed by atoms with E-state index in [1.165, 1.54) is 0 Å². The van der Waals surface area contributed by atoms with Gasteiger partial charge in [-0.05, 0) is 12.8 Å². The smallest absolute Gasteiger partial charge is 0.323 e. The highest BCUT2D eigenvalue weighted by Crippen LogP contribution is 2.09. The molecule has 0 radical (unpaired) electrons. The van der Waals surface area contributed by atoms with E-state index in [2.05, 4.69) is 26.5 Å². The monoisotopic (exact) mass is 447 g/mol. The lowest BCUT2D eigenvalue weighted by Crippen LogP contribution is -2.37. The Balaban J connectivity index is 4.40. The number of hydrogen-bond donors (Lipinski definition) is 2. The first-order valence-electron chi connectivity index (χ1n) is 11.3. The minimum Gasteiger partial charge on any atom is -0.462 e. The molecule has 2 N–H and O–H groups in total. The van der Waals surface area contributed by atoms with Crippen molar-refractivity contribution in [2.75, 3.05) is 19.0 Å². The van der Waals surface area contributed by atoms with E-state index in [1.54, 1.807) is 0 Å². The number of carbonyl (C=O) groups excluding carboxylic acids is 3. The van der Waals surface area contributed by atoms with Crippen molar-refractivity contribution in [3.8, 4) is 0 Å². The summed E-state index contributed by atoms with van der Waals surface area (Å²) in [5.74, 6) is -1.21. The lowest BCUT2D eigenvalue weighted by atomic mass is 10.1. The predicted octanol–water partition coefficient (Wildman–Crippen LogP) is 3.96. The lowest BCUT2D eigenvalue weighted by Gasteiger charge is -2.19. The molecule has 0 aliphatic rings. The fraction of sp³-hybridized carbons (Fsp3) is 0.864. The van der Waals surface area contributed by atoms with Crippen LogP contribution in [0.1, 0.15) is 90.9 Å². The van der Waals surface area contributed by atoms with E-state index in [0.29, 0.717) is 6.42 Å². The summed E-state index contributed by atoms with van der Waals surface area (Å²) < 4.78 is 15.7. The quantitative estimate of drug-likeness (QED) is 0.134. The molecule has 176 valence electrons. The van der Waals surface area contributed by atoms with Crippen LogP contribution in [0.4, 0.5) is 0 Å². The van der Waals surface area contributed by atoms with Crippen molar-refractivity contribution in [2.24, 2.45) is 5.73 Å². The number of esters is 3. The summed E-state index contributed by atoms with van der Waals surface area (Å²) in [6.45, 7) is 3.92. The highest BCUT2D eigenvalue weighted by molar-refractivity contribution is 7.80. The van der Waals surface area contributed by atoms with Gasteiger partial charge in [0.1, 0.15) is 19.3 Å². The normalized spacial score (nSPS) is 12.8. The zero-order valence-electron chi connectivity index (χ0n) is 18.7. The summed E-state index contributed by atoms with van der Waals surface area (Å²) in [7, 11) is 0. The first-order valence-corrected chi connectivity index (χ1v) is 12.0. The van der Waals surface area contributed by atoms with Crippen LogP contribution in [-0.4, -0.2) is 49.0 Å². The van der Waals surface area contributed by atoms with Gasteiger partial charge in [0.25, 0.3) is 0 Å². The van der Waals surface area contributed by atoms with Crippen LogP contribution >= 0.6 is 12.6 Å². The molecule has 0 bridgehead atoms. The standard InChI is InChI=1S/C22H41NO6S/c1-3-5-7-9-11-13-20(24)27-15-18(16-28-22(26)19(23)17-30)29-21(25)14-12-10-8-6-4-2/h18-19,30H,3-17,23H2,1-2H3/t18-,19-/m0/s1. The first-order chi connectivity index (χ1) is 14.4. The zero-order valence-corrected chi connectivity index (χ0v) is 19.6. The van der Waals surface area contributed by atoms with Gasteiger partial charge >= 0.3 is 17.9 Å². The molecule has 30 heavy (non-hydrogen) atoms. The van der Waals surface area contributed by atoms with Crippen molar-refractivity contribution >= 4 is 30.5 Å². The van der Waals surface area contributed by atoms with Crippen LogP contribution in [0.3, 0.4) is 0 Å². The van der Waals surface area contributed by atoms with Gasteiger partial charge in [0.05, 0.1) is 0 Å². The van der Waals surface area contributed by atoms with E-state index >= 15 is 0 Å². The molecular weight excluding hydrogens is 406 g/mol. The Bertz CT molecular complexity index is 475. The van der Waals surface area contributed by atoms with Gasteiger partial charge in [0, 0.05) is 18.6 Å². The maximum Gasteiger partial charge on any atom is 0.323 e. The molecule has 8 heteroatoms. The molecule has 0 saturated heterocycles. The van der Waals surface area contributed by atoms with E-state index in [0.717, 1.165) is 64.2 Å². The van der Waals surface area contributed by atoms with E-state index in [4.69, 9.17) is 19.9 Å². The van der Waals surface area contributed by atoms with Crippen LogP contribution in [0.15, 0.2) is 0 Å². The fourth-order valence-corrected chi connectivity index (χ4v) is 2.87. The van der Waals surface area contributed by atoms with Crippen molar-refractivity contribution in [1.82, 2.24) is 0 Å². The zero-order chi connectivity index (χ0) is 22.6. The Morgan fingerprint density at radius 1 is 0.767 bits per heavy atom. The van der Waals surface area contributed by atoms with Crippen molar-refractivity contribution in [3.63, 3.8) is 0 Å². The highest BCUT2D eigenvalue weighted by atomic mass is 32.1. The van der Waals surface area contributed by atoms with E-state index in [1.807, 2.05) is 0 Å². The van der Waals surface area contributed by atoms with Crippen molar-refractivity contribution in [3.05, 3.63) is 0 Å². The van der Waals surface area contributed by atoms with Gasteiger partial charge < -0.3 is 19.9 Å². The maximum atomic E-state index is 12.1. The van der Waals surface area contributed by atoms with Gasteiger partial charge in [-0.3, -0.25) is 14.4 Å². The number of thiol groups is 1. The number of carbonyl (C=O) groups is 3. The third-order valence-electron chi connectivity index (χ3n) is 4.61. The van der Waals surface area contributed by atoms with Gasteiger partial charge in [-0.25, -0.2) is 0 Å². The number of nitrogens with two attached hydrogens (primary N) is 1. The summed E-state index contributed by atoms with van der Waals surface area (Å²) in [4.78, 5) is 35.8.